The minimum atomic E-state index is 0.224. The summed E-state index contributed by atoms with van der Waals surface area (Å²) in [6.45, 7) is 4.17. The van der Waals surface area contributed by atoms with Crippen LogP contribution < -0.4 is 0 Å². The fraction of sp³-hybridized carbons (Fsp3) is 0.667. The number of hydrogen-bond donors (Lipinski definition) is 0. The van der Waals surface area contributed by atoms with E-state index in [-0.39, 0.29) is 5.38 Å². The highest BCUT2D eigenvalue weighted by atomic mass is 35.5. The van der Waals surface area contributed by atoms with Gasteiger partial charge in [0.15, 0.2) is 0 Å². The first kappa shape index (κ1) is 9.59. The molecule has 0 aliphatic carbocycles. The predicted molar refractivity (Wildman–Crippen MR) is 51.6 cm³/mol. The van der Waals surface area contributed by atoms with Crippen LogP contribution >= 0.6 is 11.6 Å². The molecule has 1 aromatic rings. The second kappa shape index (κ2) is 3.94. The number of nitrogens with zero attached hydrogens (tertiary/aromatic N) is 2. The Kier molecular flexibility index (Phi) is 3.15. The third-order valence-electron chi connectivity index (χ3n) is 1.91. The summed E-state index contributed by atoms with van der Waals surface area (Å²) in [5.74, 6) is 0.457. The summed E-state index contributed by atoms with van der Waals surface area (Å²) in [6, 6.07) is 0. The van der Waals surface area contributed by atoms with Gasteiger partial charge < -0.3 is 4.57 Å². The lowest BCUT2D eigenvalue weighted by Crippen LogP contribution is -2.00. The van der Waals surface area contributed by atoms with E-state index in [1.807, 2.05) is 31.1 Å². The van der Waals surface area contributed by atoms with Crippen molar-refractivity contribution in [3.8, 4) is 0 Å². The molecule has 0 radical (unpaired) electrons. The number of hydrogen-bond acceptors (Lipinski definition) is 1. The molecule has 68 valence electrons. The molecule has 0 N–H and O–H groups in total. The van der Waals surface area contributed by atoms with Crippen LogP contribution in [-0.2, 0) is 7.05 Å². The van der Waals surface area contributed by atoms with Crippen molar-refractivity contribution in [2.75, 3.05) is 0 Å². The zero-order chi connectivity index (χ0) is 9.14. The molecule has 12 heavy (non-hydrogen) atoms. The average Bonchev–Trinajstić information content (AvgIpc) is 2.34. The molecule has 0 aliphatic heterocycles. The fourth-order valence-corrected chi connectivity index (χ4v) is 1.56. The van der Waals surface area contributed by atoms with Gasteiger partial charge in [0, 0.05) is 24.5 Å². The number of halogens is 1. The van der Waals surface area contributed by atoms with E-state index in [0.717, 1.165) is 12.1 Å². The van der Waals surface area contributed by atoms with Gasteiger partial charge in [-0.15, -0.1) is 11.6 Å². The second-order valence-corrected chi connectivity index (χ2v) is 4.13. The third kappa shape index (κ3) is 2.52. The van der Waals surface area contributed by atoms with E-state index in [1.54, 1.807) is 0 Å². The molecule has 2 atom stereocenters. The first-order valence-electron chi connectivity index (χ1n) is 4.21. The van der Waals surface area contributed by atoms with E-state index < -0.39 is 0 Å². The molecule has 2 nitrogen and oxygen atoms in total. The van der Waals surface area contributed by atoms with E-state index >= 15 is 0 Å². The van der Waals surface area contributed by atoms with Crippen LogP contribution in [0.2, 0.25) is 0 Å². The fourth-order valence-electron chi connectivity index (χ4n) is 1.30. The molecule has 0 saturated heterocycles. The van der Waals surface area contributed by atoms with Gasteiger partial charge in [-0.3, -0.25) is 0 Å². The van der Waals surface area contributed by atoms with Crippen LogP contribution in [-0.4, -0.2) is 14.9 Å². The molecule has 0 spiro atoms. The third-order valence-corrected chi connectivity index (χ3v) is 2.09. The molecule has 1 heterocycles. The van der Waals surface area contributed by atoms with E-state index in [2.05, 4.69) is 11.9 Å². The highest BCUT2D eigenvalue weighted by Gasteiger charge is 2.10. The predicted octanol–water partition coefficient (Wildman–Crippen LogP) is 2.54. The molecule has 0 amide bonds. The molecule has 0 saturated carbocycles. The number of aryl methyl sites for hydroxylation is 1. The van der Waals surface area contributed by atoms with Crippen molar-refractivity contribution in [1.82, 2.24) is 9.55 Å². The van der Waals surface area contributed by atoms with Crippen molar-refractivity contribution in [3.63, 3.8) is 0 Å². The first-order chi connectivity index (χ1) is 5.59. The van der Waals surface area contributed by atoms with Crippen LogP contribution in [0.25, 0.3) is 0 Å². The average molecular weight is 187 g/mol. The van der Waals surface area contributed by atoms with E-state index in [4.69, 9.17) is 11.6 Å². The topological polar surface area (TPSA) is 17.8 Å². The summed E-state index contributed by atoms with van der Waals surface area (Å²) in [6.07, 6.45) is 4.85. The molecule has 0 bridgehead atoms. The summed E-state index contributed by atoms with van der Waals surface area (Å²) in [7, 11) is 1.98. The van der Waals surface area contributed by atoms with Gasteiger partial charge >= 0.3 is 0 Å². The van der Waals surface area contributed by atoms with Crippen LogP contribution in [0.5, 0.6) is 0 Å². The summed E-state index contributed by atoms with van der Waals surface area (Å²) in [5.41, 5.74) is 1.13. The van der Waals surface area contributed by atoms with Crippen molar-refractivity contribution in [3.05, 3.63) is 18.2 Å². The Morgan fingerprint density at radius 2 is 2.25 bits per heavy atom. The Balaban J connectivity index is 2.58. The van der Waals surface area contributed by atoms with Gasteiger partial charge in [0.25, 0.3) is 0 Å². The van der Waals surface area contributed by atoms with Crippen molar-refractivity contribution in [2.45, 2.75) is 31.6 Å². The first-order valence-corrected chi connectivity index (χ1v) is 4.65. The highest BCUT2D eigenvalue weighted by Crippen LogP contribution is 2.20. The van der Waals surface area contributed by atoms with Gasteiger partial charge in [-0.2, -0.15) is 0 Å². The standard InChI is InChI=1S/C9H15ClN2/c1-7(4-8(2)10)9-5-12(3)6-11-9/h5-8H,4H2,1-3H3. The Labute approximate surface area is 78.6 Å². The van der Waals surface area contributed by atoms with Gasteiger partial charge in [0.2, 0.25) is 0 Å². The molecule has 1 aromatic heterocycles. The Hall–Kier alpha value is -0.500. The van der Waals surface area contributed by atoms with Crippen molar-refractivity contribution < 1.29 is 0 Å². The lowest BCUT2D eigenvalue weighted by atomic mass is 10.0. The minimum absolute atomic E-state index is 0.224. The summed E-state index contributed by atoms with van der Waals surface area (Å²) >= 11 is 5.89. The molecule has 1 rings (SSSR count). The van der Waals surface area contributed by atoms with Crippen LogP contribution in [0.4, 0.5) is 0 Å². The van der Waals surface area contributed by atoms with Crippen LogP contribution in [0.3, 0.4) is 0 Å². The lowest BCUT2D eigenvalue weighted by Gasteiger charge is -2.09. The number of alkyl halides is 1. The quantitative estimate of drug-likeness (QED) is 0.664. The zero-order valence-electron chi connectivity index (χ0n) is 7.79. The minimum Gasteiger partial charge on any atom is -0.340 e. The molecule has 0 aromatic carbocycles. The largest absolute Gasteiger partial charge is 0.340 e. The van der Waals surface area contributed by atoms with E-state index in [1.165, 1.54) is 0 Å². The van der Waals surface area contributed by atoms with Crippen LogP contribution in [0.1, 0.15) is 31.9 Å². The molecule has 3 heteroatoms. The monoisotopic (exact) mass is 186 g/mol. The maximum Gasteiger partial charge on any atom is 0.0946 e. The molecular weight excluding hydrogens is 172 g/mol. The summed E-state index contributed by atoms with van der Waals surface area (Å²) < 4.78 is 1.96. The zero-order valence-corrected chi connectivity index (χ0v) is 8.54. The Bertz CT molecular complexity index is 242. The maximum absolute atomic E-state index is 5.89. The number of aromatic nitrogens is 2. The van der Waals surface area contributed by atoms with Gasteiger partial charge in [-0.1, -0.05) is 6.92 Å². The number of imidazole rings is 1. The Morgan fingerprint density at radius 3 is 2.67 bits per heavy atom. The number of rotatable bonds is 3. The maximum atomic E-state index is 5.89. The van der Waals surface area contributed by atoms with Crippen molar-refractivity contribution in [2.24, 2.45) is 7.05 Å². The SMILES string of the molecule is CC(Cl)CC(C)c1cn(C)cn1. The normalized spacial score (nSPS) is 16.0. The van der Waals surface area contributed by atoms with Gasteiger partial charge in [-0.25, -0.2) is 4.98 Å². The van der Waals surface area contributed by atoms with Crippen molar-refractivity contribution in [1.29, 1.82) is 0 Å². The second-order valence-electron chi connectivity index (χ2n) is 3.38. The van der Waals surface area contributed by atoms with Gasteiger partial charge in [-0.05, 0) is 13.3 Å². The smallest absolute Gasteiger partial charge is 0.0946 e. The Morgan fingerprint density at radius 1 is 1.58 bits per heavy atom. The summed E-state index contributed by atoms with van der Waals surface area (Å²) in [4.78, 5) is 4.27. The van der Waals surface area contributed by atoms with Crippen LogP contribution in [0.15, 0.2) is 12.5 Å². The molecule has 2 unspecified atom stereocenters. The molecule has 0 fully saturated rings. The highest BCUT2D eigenvalue weighted by molar-refractivity contribution is 6.20. The van der Waals surface area contributed by atoms with Gasteiger partial charge in [0.05, 0.1) is 12.0 Å². The van der Waals surface area contributed by atoms with Gasteiger partial charge in [0.1, 0.15) is 0 Å². The van der Waals surface area contributed by atoms with Crippen molar-refractivity contribution >= 4 is 11.6 Å². The lowest BCUT2D eigenvalue weighted by molar-refractivity contribution is 0.655. The molecular formula is C9H15ClN2. The van der Waals surface area contributed by atoms with E-state index in [0.29, 0.717) is 5.92 Å². The van der Waals surface area contributed by atoms with E-state index in [9.17, 15) is 0 Å². The van der Waals surface area contributed by atoms with Crippen LogP contribution in [0, 0.1) is 0 Å². The molecule has 0 aliphatic rings. The summed E-state index contributed by atoms with van der Waals surface area (Å²) in [5, 5.41) is 0.224.